The van der Waals surface area contributed by atoms with Crippen LogP contribution in [0.1, 0.15) is 58.8 Å². The van der Waals surface area contributed by atoms with E-state index in [1.807, 2.05) is 6.92 Å². The van der Waals surface area contributed by atoms with Crippen molar-refractivity contribution in [2.75, 3.05) is 6.61 Å². The fraction of sp³-hybridized carbons (Fsp3) is 0.933. The first-order valence-electron chi connectivity index (χ1n) is 7.25. The van der Waals surface area contributed by atoms with Crippen molar-refractivity contribution >= 4 is 5.78 Å². The lowest BCUT2D eigenvalue weighted by atomic mass is 9.71. The lowest BCUT2D eigenvalue weighted by molar-refractivity contribution is -0.132. The van der Waals surface area contributed by atoms with Gasteiger partial charge in [-0.05, 0) is 57.3 Å². The van der Waals surface area contributed by atoms with E-state index >= 15 is 0 Å². The van der Waals surface area contributed by atoms with Crippen LogP contribution in [-0.2, 0) is 9.53 Å². The van der Waals surface area contributed by atoms with Crippen LogP contribution in [0.25, 0.3) is 0 Å². The van der Waals surface area contributed by atoms with Gasteiger partial charge in [0.2, 0.25) is 0 Å². The van der Waals surface area contributed by atoms with Crippen molar-refractivity contribution < 1.29 is 9.53 Å². The molecular weight excluding hydrogens is 212 g/mol. The smallest absolute Gasteiger partial charge is 0.136 e. The molecule has 0 aromatic heterocycles. The van der Waals surface area contributed by atoms with E-state index in [2.05, 4.69) is 6.92 Å². The Labute approximate surface area is 104 Å². The number of rotatable bonds is 5. The lowest BCUT2D eigenvalue weighted by Crippen LogP contribution is -2.40. The van der Waals surface area contributed by atoms with Gasteiger partial charge < -0.3 is 4.74 Å². The zero-order chi connectivity index (χ0) is 12.1. The van der Waals surface area contributed by atoms with E-state index in [0.717, 1.165) is 38.2 Å². The maximum atomic E-state index is 12.0. The van der Waals surface area contributed by atoms with Crippen molar-refractivity contribution in [1.29, 1.82) is 0 Å². The molecule has 0 spiro atoms. The van der Waals surface area contributed by atoms with E-state index in [9.17, 15) is 4.79 Å². The summed E-state index contributed by atoms with van der Waals surface area (Å²) in [6.07, 6.45) is 8.21. The number of ketones is 1. The molecule has 4 fully saturated rings. The first-order valence-corrected chi connectivity index (χ1v) is 7.25. The zero-order valence-corrected chi connectivity index (χ0v) is 11.1. The molecule has 0 N–H and O–H groups in total. The normalized spacial score (nSPS) is 46.7. The second-order valence-corrected chi connectivity index (χ2v) is 6.69. The van der Waals surface area contributed by atoms with Crippen molar-refractivity contribution in [2.45, 2.75) is 64.4 Å². The minimum absolute atomic E-state index is 0.0229. The maximum absolute atomic E-state index is 12.0. The minimum atomic E-state index is 0.0229. The summed E-state index contributed by atoms with van der Waals surface area (Å²) in [4.78, 5) is 12.0. The van der Waals surface area contributed by atoms with Crippen molar-refractivity contribution in [3.8, 4) is 0 Å². The van der Waals surface area contributed by atoms with Gasteiger partial charge in [-0.2, -0.15) is 0 Å². The highest BCUT2D eigenvalue weighted by Crippen LogP contribution is 2.68. The van der Waals surface area contributed by atoms with Crippen LogP contribution in [0.3, 0.4) is 0 Å². The first kappa shape index (κ1) is 11.7. The SMILES string of the molecule is CCCCOC12CC3CC(C1)C(C(C)=O)(C3)C2. The number of carbonyl (C=O) groups is 1. The van der Waals surface area contributed by atoms with Crippen LogP contribution < -0.4 is 0 Å². The van der Waals surface area contributed by atoms with E-state index in [0.29, 0.717) is 11.7 Å². The number of ether oxygens (including phenoxy) is 1. The molecule has 0 aliphatic heterocycles. The third-order valence-corrected chi connectivity index (χ3v) is 5.58. The second kappa shape index (κ2) is 3.81. The molecule has 2 nitrogen and oxygen atoms in total. The predicted octanol–water partition coefficient (Wildman–Crippen LogP) is 3.34. The van der Waals surface area contributed by atoms with Crippen LogP contribution in [0.5, 0.6) is 0 Å². The molecule has 4 aliphatic rings. The molecule has 4 saturated carbocycles. The average Bonchev–Trinajstić information content (AvgIpc) is 2.64. The highest BCUT2D eigenvalue weighted by atomic mass is 16.5. The minimum Gasteiger partial charge on any atom is -0.375 e. The summed E-state index contributed by atoms with van der Waals surface area (Å²) in [5, 5.41) is 0. The zero-order valence-electron chi connectivity index (χ0n) is 11.1. The van der Waals surface area contributed by atoms with E-state index in [-0.39, 0.29) is 11.0 Å². The highest BCUT2D eigenvalue weighted by molar-refractivity contribution is 5.84. The number of Topliss-reactive ketones (excluding diaryl/α,β-unsaturated/α-hetero) is 1. The summed E-state index contributed by atoms with van der Waals surface area (Å²) >= 11 is 0. The van der Waals surface area contributed by atoms with E-state index < -0.39 is 0 Å². The fourth-order valence-electron chi connectivity index (χ4n) is 4.98. The van der Waals surface area contributed by atoms with Crippen molar-refractivity contribution in [3.05, 3.63) is 0 Å². The van der Waals surface area contributed by atoms with Gasteiger partial charge in [0.25, 0.3) is 0 Å². The molecule has 0 aromatic carbocycles. The van der Waals surface area contributed by atoms with E-state index in [1.165, 1.54) is 19.3 Å². The maximum Gasteiger partial charge on any atom is 0.136 e. The Morgan fingerprint density at radius 2 is 2.18 bits per heavy atom. The standard InChI is InChI=1S/C15H24O2/c1-3-4-5-17-14-7-12-6-13(9-14)15(8-12,10-14)11(2)16/h12-13H,3-10H2,1-2H3. The Balaban J connectivity index is 1.76. The predicted molar refractivity (Wildman–Crippen MR) is 66.8 cm³/mol. The largest absolute Gasteiger partial charge is 0.375 e. The molecule has 0 aromatic rings. The molecule has 4 atom stereocenters. The third kappa shape index (κ3) is 1.60. The molecule has 0 saturated heterocycles. The number of hydrogen-bond acceptors (Lipinski definition) is 2. The molecule has 2 heteroatoms. The molecule has 4 unspecified atom stereocenters. The molecule has 17 heavy (non-hydrogen) atoms. The molecular formula is C15H24O2. The van der Waals surface area contributed by atoms with E-state index in [4.69, 9.17) is 4.74 Å². The Morgan fingerprint density at radius 3 is 2.82 bits per heavy atom. The van der Waals surface area contributed by atoms with Crippen molar-refractivity contribution in [2.24, 2.45) is 17.3 Å². The van der Waals surface area contributed by atoms with Gasteiger partial charge in [-0.15, -0.1) is 0 Å². The number of hydrogen-bond donors (Lipinski definition) is 0. The van der Waals surface area contributed by atoms with E-state index in [1.54, 1.807) is 0 Å². The summed E-state index contributed by atoms with van der Waals surface area (Å²) in [7, 11) is 0. The third-order valence-electron chi connectivity index (χ3n) is 5.58. The molecule has 96 valence electrons. The quantitative estimate of drug-likeness (QED) is 0.684. The second-order valence-electron chi connectivity index (χ2n) is 6.69. The van der Waals surface area contributed by atoms with Gasteiger partial charge in [-0.3, -0.25) is 4.79 Å². The Kier molecular flexibility index (Phi) is 2.62. The number of carbonyl (C=O) groups excluding carboxylic acids is 1. The number of unbranched alkanes of at least 4 members (excludes halogenated alkanes) is 1. The monoisotopic (exact) mass is 236 g/mol. The van der Waals surface area contributed by atoms with Gasteiger partial charge in [-0.1, -0.05) is 13.3 Å². The van der Waals surface area contributed by atoms with Crippen LogP contribution in [0.2, 0.25) is 0 Å². The lowest BCUT2D eigenvalue weighted by Gasteiger charge is -2.40. The summed E-state index contributed by atoms with van der Waals surface area (Å²) < 4.78 is 6.23. The van der Waals surface area contributed by atoms with Crippen molar-refractivity contribution in [3.63, 3.8) is 0 Å². The fourth-order valence-corrected chi connectivity index (χ4v) is 4.98. The molecule has 4 aliphatic carbocycles. The van der Waals surface area contributed by atoms with Gasteiger partial charge in [0.15, 0.2) is 0 Å². The molecule has 4 rings (SSSR count). The highest BCUT2D eigenvalue weighted by Gasteiger charge is 2.66. The average molecular weight is 236 g/mol. The van der Waals surface area contributed by atoms with Crippen LogP contribution in [0.4, 0.5) is 0 Å². The molecule has 0 amide bonds. The van der Waals surface area contributed by atoms with Crippen LogP contribution in [0, 0.1) is 17.3 Å². The summed E-state index contributed by atoms with van der Waals surface area (Å²) in [6.45, 7) is 4.90. The summed E-state index contributed by atoms with van der Waals surface area (Å²) in [5.41, 5.74) is 0.113. The van der Waals surface area contributed by atoms with Crippen LogP contribution >= 0.6 is 0 Å². The Hall–Kier alpha value is -0.370. The van der Waals surface area contributed by atoms with Crippen molar-refractivity contribution in [1.82, 2.24) is 0 Å². The summed E-state index contributed by atoms with van der Waals surface area (Å²) in [6, 6.07) is 0. The summed E-state index contributed by atoms with van der Waals surface area (Å²) in [5.74, 6) is 1.85. The van der Waals surface area contributed by atoms with Gasteiger partial charge in [0, 0.05) is 12.0 Å². The van der Waals surface area contributed by atoms with Crippen LogP contribution in [-0.4, -0.2) is 18.0 Å². The Morgan fingerprint density at radius 1 is 1.35 bits per heavy atom. The molecule has 0 heterocycles. The molecule has 4 bridgehead atoms. The van der Waals surface area contributed by atoms with Gasteiger partial charge in [0.05, 0.1) is 5.60 Å². The van der Waals surface area contributed by atoms with Crippen LogP contribution in [0.15, 0.2) is 0 Å². The molecule has 0 radical (unpaired) electrons. The Bertz CT molecular complexity index is 338. The van der Waals surface area contributed by atoms with Gasteiger partial charge in [0.1, 0.15) is 5.78 Å². The van der Waals surface area contributed by atoms with Gasteiger partial charge in [-0.25, -0.2) is 0 Å². The first-order chi connectivity index (χ1) is 8.10. The van der Waals surface area contributed by atoms with Gasteiger partial charge >= 0.3 is 0 Å². The topological polar surface area (TPSA) is 26.3 Å².